The lowest BCUT2D eigenvalue weighted by atomic mass is 10.1. The minimum atomic E-state index is 0.917. The molecule has 0 aliphatic rings. The number of rotatable bonds is 8. The molecule has 0 aliphatic carbocycles. The molecule has 2 aromatic rings. The first-order valence-corrected chi connectivity index (χ1v) is 8.17. The molecule has 112 valence electrons. The molecule has 0 saturated heterocycles. The van der Waals surface area contributed by atoms with Crippen molar-refractivity contribution in [2.75, 3.05) is 0 Å². The minimum Gasteiger partial charge on any atom is -0.457 e. The maximum absolute atomic E-state index is 5.96. The van der Waals surface area contributed by atoms with Gasteiger partial charge in [-0.1, -0.05) is 57.4 Å². The Labute approximate surface area is 129 Å². The first kappa shape index (κ1) is 15.6. The summed E-state index contributed by atoms with van der Waals surface area (Å²) in [5, 5.41) is 0. The molecule has 0 aliphatic heterocycles. The van der Waals surface area contributed by atoms with Gasteiger partial charge in [0.15, 0.2) is 0 Å². The van der Waals surface area contributed by atoms with E-state index in [0.717, 1.165) is 24.3 Å². The third-order valence-corrected chi connectivity index (χ3v) is 3.67. The molecule has 2 rings (SSSR count). The van der Waals surface area contributed by atoms with Gasteiger partial charge in [0.25, 0.3) is 0 Å². The second-order valence-electron chi connectivity index (χ2n) is 5.60. The summed E-state index contributed by atoms with van der Waals surface area (Å²) in [7, 11) is 0. The third-order valence-electron chi connectivity index (χ3n) is 3.67. The van der Waals surface area contributed by atoms with Crippen molar-refractivity contribution >= 4 is 0 Å². The standard InChI is InChI=1S/C20H26O/c1-3-5-6-9-18-10-7-11-20(16-18)21-19-14-12-17(8-4-2)13-15-19/h7,10-16H,3-6,8-9H2,1-2H3. The van der Waals surface area contributed by atoms with Gasteiger partial charge in [0.05, 0.1) is 0 Å². The fourth-order valence-corrected chi connectivity index (χ4v) is 2.49. The Bertz CT molecular complexity index is 528. The van der Waals surface area contributed by atoms with Crippen LogP contribution in [0, 0.1) is 0 Å². The monoisotopic (exact) mass is 282 g/mol. The van der Waals surface area contributed by atoms with Gasteiger partial charge in [-0.05, 0) is 54.7 Å². The van der Waals surface area contributed by atoms with Crippen LogP contribution >= 0.6 is 0 Å². The second kappa shape index (κ2) is 8.51. The number of hydrogen-bond acceptors (Lipinski definition) is 1. The molecule has 1 heteroatoms. The van der Waals surface area contributed by atoms with Crippen molar-refractivity contribution < 1.29 is 4.74 Å². The second-order valence-corrected chi connectivity index (χ2v) is 5.60. The smallest absolute Gasteiger partial charge is 0.127 e. The van der Waals surface area contributed by atoms with Crippen LogP contribution in [0.5, 0.6) is 11.5 Å². The summed E-state index contributed by atoms with van der Waals surface area (Å²) in [5.41, 5.74) is 2.74. The van der Waals surface area contributed by atoms with E-state index in [2.05, 4.69) is 56.3 Å². The zero-order valence-corrected chi connectivity index (χ0v) is 13.3. The van der Waals surface area contributed by atoms with Crippen molar-refractivity contribution in [1.29, 1.82) is 0 Å². The maximum atomic E-state index is 5.96. The van der Waals surface area contributed by atoms with E-state index in [1.54, 1.807) is 0 Å². The van der Waals surface area contributed by atoms with Gasteiger partial charge in [-0.3, -0.25) is 0 Å². The van der Waals surface area contributed by atoms with Crippen molar-refractivity contribution in [1.82, 2.24) is 0 Å². The highest BCUT2D eigenvalue weighted by molar-refractivity contribution is 5.35. The number of hydrogen-bond donors (Lipinski definition) is 0. The highest BCUT2D eigenvalue weighted by atomic mass is 16.5. The predicted molar refractivity (Wildman–Crippen MR) is 90.2 cm³/mol. The molecule has 0 atom stereocenters. The van der Waals surface area contributed by atoms with Crippen molar-refractivity contribution in [2.24, 2.45) is 0 Å². The topological polar surface area (TPSA) is 9.23 Å². The van der Waals surface area contributed by atoms with Gasteiger partial charge in [0.2, 0.25) is 0 Å². The fourth-order valence-electron chi connectivity index (χ4n) is 2.49. The molecule has 0 N–H and O–H groups in total. The van der Waals surface area contributed by atoms with Crippen LogP contribution in [0.1, 0.15) is 50.7 Å². The summed E-state index contributed by atoms with van der Waals surface area (Å²) in [6.07, 6.45) is 7.27. The average molecular weight is 282 g/mol. The predicted octanol–water partition coefficient (Wildman–Crippen LogP) is 6.16. The highest BCUT2D eigenvalue weighted by Gasteiger charge is 2.00. The fraction of sp³-hybridized carbons (Fsp3) is 0.400. The van der Waals surface area contributed by atoms with Crippen LogP contribution < -0.4 is 4.74 Å². The summed E-state index contributed by atoms with van der Waals surface area (Å²) >= 11 is 0. The molecule has 0 fully saturated rings. The molecular weight excluding hydrogens is 256 g/mol. The summed E-state index contributed by atoms with van der Waals surface area (Å²) in [5.74, 6) is 1.85. The Balaban J connectivity index is 1.96. The van der Waals surface area contributed by atoms with E-state index in [1.165, 1.54) is 36.8 Å². The van der Waals surface area contributed by atoms with Crippen molar-refractivity contribution in [3.05, 3.63) is 59.7 Å². The quantitative estimate of drug-likeness (QED) is 0.526. The number of unbranched alkanes of at least 4 members (excludes halogenated alkanes) is 2. The average Bonchev–Trinajstić information content (AvgIpc) is 2.50. The molecule has 0 amide bonds. The van der Waals surface area contributed by atoms with E-state index in [0.29, 0.717) is 0 Å². The zero-order chi connectivity index (χ0) is 14.9. The van der Waals surface area contributed by atoms with Crippen LogP contribution in [0.3, 0.4) is 0 Å². The van der Waals surface area contributed by atoms with Crippen LogP contribution in [-0.4, -0.2) is 0 Å². The largest absolute Gasteiger partial charge is 0.457 e. The highest BCUT2D eigenvalue weighted by Crippen LogP contribution is 2.23. The summed E-state index contributed by atoms with van der Waals surface area (Å²) in [6.45, 7) is 4.44. The van der Waals surface area contributed by atoms with Crippen LogP contribution in [-0.2, 0) is 12.8 Å². The minimum absolute atomic E-state index is 0.917. The molecular formula is C20H26O. The lowest BCUT2D eigenvalue weighted by molar-refractivity contribution is 0.481. The summed E-state index contributed by atoms with van der Waals surface area (Å²) < 4.78 is 5.96. The maximum Gasteiger partial charge on any atom is 0.127 e. The van der Waals surface area contributed by atoms with Gasteiger partial charge >= 0.3 is 0 Å². The van der Waals surface area contributed by atoms with Gasteiger partial charge in [-0.15, -0.1) is 0 Å². The molecule has 0 spiro atoms. The lowest BCUT2D eigenvalue weighted by Gasteiger charge is -2.08. The van der Waals surface area contributed by atoms with E-state index in [4.69, 9.17) is 4.74 Å². The van der Waals surface area contributed by atoms with E-state index < -0.39 is 0 Å². The van der Waals surface area contributed by atoms with Crippen molar-refractivity contribution in [3.63, 3.8) is 0 Å². The van der Waals surface area contributed by atoms with Crippen molar-refractivity contribution in [3.8, 4) is 11.5 Å². The Morgan fingerprint density at radius 3 is 2.24 bits per heavy atom. The molecule has 0 saturated carbocycles. The van der Waals surface area contributed by atoms with Gasteiger partial charge in [-0.2, -0.15) is 0 Å². The van der Waals surface area contributed by atoms with Gasteiger partial charge in [0, 0.05) is 0 Å². The number of benzene rings is 2. The van der Waals surface area contributed by atoms with E-state index in [9.17, 15) is 0 Å². The summed E-state index contributed by atoms with van der Waals surface area (Å²) in [6, 6.07) is 16.9. The third kappa shape index (κ3) is 5.26. The zero-order valence-electron chi connectivity index (χ0n) is 13.3. The molecule has 0 heterocycles. The molecule has 0 bridgehead atoms. The van der Waals surface area contributed by atoms with E-state index >= 15 is 0 Å². The van der Waals surface area contributed by atoms with E-state index in [-0.39, 0.29) is 0 Å². The Hall–Kier alpha value is -1.76. The normalized spacial score (nSPS) is 10.6. The molecule has 1 nitrogen and oxygen atoms in total. The number of ether oxygens (including phenoxy) is 1. The first-order chi connectivity index (χ1) is 10.3. The van der Waals surface area contributed by atoms with Crippen molar-refractivity contribution in [2.45, 2.75) is 52.4 Å². The molecule has 0 unspecified atom stereocenters. The summed E-state index contributed by atoms with van der Waals surface area (Å²) in [4.78, 5) is 0. The van der Waals surface area contributed by atoms with Crippen LogP contribution in [0.15, 0.2) is 48.5 Å². The van der Waals surface area contributed by atoms with Crippen LogP contribution in [0.2, 0.25) is 0 Å². The Morgan fingerprint density at radius 2 is 1.52 bits per heavy atom. The Kier molecular flexibility index (Phi) is 6.33. The SMILES string of the molecule is CCCCCc1cccc(Oc2ccc(CCC)cc2)c1. The first-order valence-electron chi connectivity index (χ1n) is 8.17. The molecule has 0 aromatic heterocycles. The van der Waals surface area contributed by atoms with E-state index in [1.807, 2.05) is 6.07 Å². The molecule has 0 radical (unpaired) electrons. The number of aryl methyl sites for hydroxylation is 2. The van der Waals surface area contributed by atoms with Gasteiger partial charge in [-0.25, -0.2) is 0 Å². The van der Waals surface area contributed by atoms with Gasteiger partial charge < -0.3 is 4.74 Å². The Morgan fingerprint density at radius 1 is 0.714 bits per heavy atom. The van der Waals surface area contributed by atoms with Crippen LogP contribution in [0.4, 0.5) is 0 Å². The van der Waals surface area contributed by atoms with Gasteiger partial charge in [0.1, 0.15) is 11.5 Å². The lowest BCUT2D eigenvalue weighted by Crippen LogP contribution is -1.89. The van der Waals surface area contributed by atoms with Crippen LogP contribution in [0.25, 0.3) is 0 Å². The molecule has 21 heavy (non-hydrogen) atoms. The molecule has 2 aromatic carbocycles.